The zero-order valence-electron chi connectivity index (χ0n) is 15.8. The third-order valence-electron chi connectivity index (χ3n) is 5.33. The van der Waals surface area contributed by atoms with E-state index in [0.29, 0.717) is 0 Å². The van der Waals surface area contributed by atoms with Gasteiger partial charge in [0.15, 0.2) is 0 Å². The number of hydrogen-bond acceptors (Lipinski definition) is 3. The number of aryl methyl sites for hydroxylation is 3. The maximum atomic E-state index is 12.9. The number of amides is 2. The number of carbonyl (C=O) groups excluding carboxylic acids is 1. The van der Waals surface area contributed by atoms with Crippen molar-refractivity contribution in [1.82, 2.24) is 14.7 Å². The van der Waals surface area contributed by atoms with Gasteiger partial charge in [-0.25, -0.2) is 4.79 Å². The van der Waals surface area contributed by atoms with E-state index < -0.39 is 0 Å². The van der Waals surface area contributed by atoms with Crippen LogP contribution in [0.1, 0.15) is 42.6 Å². The van der Waals surface area contributed by atoms with E-state index in [1.165, 1.54) is 5.56 Å². The lowest BCUT2D eigenvalue weighted by molar-refractivity contribution is 0.158. The third-order valence-corrected chi connectivity index (χ3v) is 5.33. The van der Waals surface area contributed by atoms with Crippen molar-refractivity contribution < 1.29 is 9.90 Å². The average molecular weight is 356 g/mol. The zero-order valence-corrected chi connectivity index (χ0v) is 15.8. The Hall–Kier alpha value is -2.50. The van der Waals surface area contributed by atoms with Gasteiger partial charge in [0, 0.05) is 19.6 Å². The van der Waals surface area contributed by atoms with Crippen molar-refractivity contribution >= 4 is 11.7 Å². The summed E-state index contributed by atoms with van der Waals surface area (Å²) in [6.45, 7) is 4.68. The quantitative estimate of drug-likeness (QED) is 0.876. The molecule has 2 heterocycles. The Labute approximate surface area is 154 Å². The lowest BCUT2D eigenvalue weighted by atomic mass is 9.96. The van der Waals surface area contributed by atoms with Crippen molar-refractivity contribution in [3.8, 4) is 5.75 Å². The molecule has 0 bridgehead atoms. The number of aromatic hydroxyl groups is 1. The molecule has 2 N–H and O–H groups in total. The molecule has 1 fully saturated rings. The Morgan fingerprint density at radius 3 is 2.65 bits per heavy atom. The number of rotatable bonds is 4. The molecule has 6 heteroatoms. The molecule has 1 aliphatic rings. The van der Waals surface area contributed by atoms with E-state index in [-0.39, 0.29) is 17.8 Å². The number of nitrogens with one attached hydrogen (secondary N) is 1. The Morgan fingerprint density at radius 2 is 2.00 bits per heavy atom. The van der Waals surface area contributed by atoms with Crippen LogP contribution in [0.25, 0.3) is 0 Å². The van der Waals surface area contributed by atoms with Crippen LogP contribution < -0.4 is 5.32 Å². The molecular weight excluding hydrogens is 328 g/mol. The van der Waals surface area contributed by atoms with E-state index in [2.05, 4.69) is 10.4 Å². The van der Waals surface area contributed by atoms with Crippen molar-refractivity contribution in [3.63, 3.8) is 0 Å². The molecule has 26 heavy (non-hydrogen) atoms. The Balaban J connectivity index is 1.65. The predicted octanol–water partition coefficient (Wildman–Crippen LogP) is 3.76. The van der Waals surface area contributed by atoms with Crippen LogP contribution in [-0.2, 0) is 13.5 Å². The first kappa shape index (κ1) is 18.3. The first-order valence-corrected chi connectivity index (χ1v) is 9.31. The number of phenolic OH excluding ortho intramolecular Hbond substituents is 1. The maximum Gasteiger partial charge on any atom is 0.322 e. The summed E-state index contributed by atoms with van der Waals surface area (Å²) in [6.07, 6.45) is 5.09. The highest BCUT2D eigenvalue weighted by molar-refractivity contribution is 5.90. The van der Waals surface area contributed by atoms with Crippen LogP contribution in [0.4, 0.5) is 10.5 Å². The minimum atomic E-state index is -0.0281. The molecule has 6 nitrogen and oxygen atoms in total. The van der Waals surface area contributed by atoms with Gasteiger partial charge in [0.2, 0.25) is 0 Å². The van der Waals surface area contributed by atoms with E-state index >= 15 is 0 Å². The summed E-state index contributed by atoms with van der Waals surface area (Å²) in [5, 5.41) is 16.9. The van der Waals surface area contributed by atoms with Gasteiger partial charge in [0.1, 0.15) is 5.75 Å². The van der Waals surface area contributed by atoms with Crippen LogP contribution in [0.2, 0.25) is 0 Å². The van der Waals surface area contributed by atoms with E-state index in [9.17, 15) is 9.90 Å². The summed E-state index contributed by atoms with van der Waals surface area (Å²) in [5.74, 6) is 0.287. The van der Waals surface area contributed by atoms with Gasteiger partial charge in [-0.2, -0.15) is 5.10 Å². The summed E-state index contributed by atoms with van der Waals surface area (Å²) in [4.78, 5) is 14.9. The van der Waals surface area contributed by atoms with Crippen molar-refractivity contribution in [2.75, 3.05) is 11.9 Å². The second-order valence-corrected chi connectivity index (χ2v) is 7.15. The number of aromatic nitrogens is 2. The van der Waals surface area contributed by atoms with Gasteiger partial charge >= 0.3 is 6.03 Å². The van der Waals surface area contributed by atoms with Crippen LogP contribution in [0.15, 0.2) is 24.3 Å². The number of likely N-dealkylation sites (tertiary alicyclic amines) is 1. The lowest BCUT2D eigenvalue weighted by Gasteiger charge is -2.36. The van der Waals surface area contributed by atoms with Gasteiger partial charge < -0.3 is 15.3 Å². The molecule has 1 aromatic heterocycles. The molecule has 0 spiro atoms. The monoisotopic (exact) mass is 356 g/mol. The minimum absolute atomic E-state index is 0.0281. The van der Waals surface area contributed by atoms with Crippen molar-refractivity contribution in [1.29, 1.82) is 0 Å². The summed E-state index contributed by atoms with van der Waals surface area (Å²) < 4.78 is 1.80. The number of benzene rings is 1. The van der Waals surface area contributed by atoms with E-state index in [4.69, 9.17) is 0 Å². The number of carbonyl (C=O) groups is 1. The van der Waals surface area contributed by atoms with Crippen molar-refractivity contribution in [3.05, 3.63) is 41.2 Å². The highest BCUT2D eigenvalue weighted by Crippen LogP contribution is 2.25. The third kappa shape index (κ3) is 4.00. The zero-order chi connectivity index (χ0) is 18.7. The number of anilines is 1. The standard InChI is InChI=1S/C20H28N4O2/c1-14-19(15(2)23(3)22-14)21-20(26)24-13-5-4-6-17(24)10-7-16-8-11-18(25)12-9-16/h8-9,11-12,17,25H,4-7,10,13H2,1-3H3,(H,21,26)/t17-/m1/s1. The summed E-state index contributed by atoms with van der Waals surface area (Å²) in [5.41, 5.74) is 3.82. The molecule has 0 radical (unpaired) electrons. The molecule has 1 aliphatic heterocycles. The van der Waals surface area contributed by atoms with E-state index in [1.54, 1.807) is 16.8 Å². The second-order valence-electron chi connectivity index (χ2n) is 7.15. The number of hydrogen-bond donors (Lipinski definition) is 2. The fourth-order valence-electron chi connectivity index (χ4n) is 3.70. The lowest BCUT2D eigenvalue weighted by Crippen LogP contribution is -2.46. The molecule has 0 aliphatic carbocycles. The van der Waals surface area contributed by atoms with Crippen molar-refractivity contribution in [2.45, 2.75) is 52.0 Å². The van der Waals surface area contributed by atoms with Gasteiger partial charge in [-0.05, 0) is 63.6 Å². The number of nitrogens with zero attached hydrogens (tertiary/aromatic N) is 3. The fraction of sp³-hybridized carbons (Fsp3) is 0.500. The normalized spacial score (nSPS) is 17.3. The highest BCUT2D eigenvalue weighted by atomic mass is 16.3. The van der Waals surface area contributed by atoms with Crippen LogP contribution in [0.3, 0.4) is 0 Å². The van der Waals surface area contributed by atoms with Crippen LogP contribution in [0.5, 0.6) is 5.75 Å². The first-order valence-electron chi connectivity index (χ1n) is 9.31. The summed E-state index contributed by atoms with van der Waals surface area (Å²) in [6, 6.07) is 7.55. The number of urea groups is 1. The molecule has 1 aromatic carbocycles. The molecule has 2 amide bonds. The summed E-state index contributed by atoms with van der Waals surface area (Å²) in [7, 11) is 1.89. The van der Waals surface area contributed by atoms with Crippen LogP contribution in [-0.4, -0.2) is 38.4 Å². The van der Waals surface area contributed by atoms with E-state index in [1.807, 2.05) is 37.9 Å². The average Bonchev–Trinajstić information content (AvgIpc) is 2.87. The first-order chi connectivity index (χ1) is 12.5. The Morgan fingerprint density at radius 1 is 1.27 bits per heavy atom. The topological polar surface area (TPSA) is 70.4 Å². The maximum absolute atomic E-state index is 12.9. The Bertz CT molecular complexity index is 767. The Kier molecular flexibility index (Phi) is 5.49. The summed E-state index contributed by atoms with van der Waals surface area (Å²) >= 11 is 0. The molecule has 3 rings (SSSR count). The van der Waals surface area contributed by atoms with Gasteiger partial charge in [0.25, 0.3) is 0 Å². The second kappa shape index (κ2) is 7.81. The molecule has 2 aromatic rings. The smallest absolute Gasteiger partial charge is 0.322 e. The largest absolute Gasteiger partial charge is 0.508 e. The minimum Gasteiger partial charge on any atom is -0.508 e. The SMILES string of the molecule is Cc1nn(C)c(C)c1NC(=O)N1CCCC[C@@H]1CCc1ccc(O)cc1. The van der Waals surface area contributed by atoms with Crippen molar-refractivity contribution in [2.24, 2.45) is 7.05 Å². The molecule has 0 saturated carbocycles. The van der Waals surface area contributed by atoms with Gasteiger partial charge in [-0.3, -0.25) is 4.68 Å². The van der Waals surface area contributed by atoms with Crippen LogP contribution in [0, 0.1) is 13.8 Å². The van der Waals surface area contributed by atoms with Gasteiger partial charge in [-0.15, -0.1) is 0 Å². The fourth-order valence-corrected chi connectivity index (χ4v) is 3.70. The van der Waals surface area contributed by atoms with Gasteiger partial charge in [0.05, 0.1) is 17.1 Å². The number of piperidine rings is 1. The van der Waals surface area contributed by atoms with Gasteiger partial charge in [-0.1, -0.05) is 12.1 Å². The van der Waals surface area contributed by atoms with E-state index in [0.717, 1.165) is 55.7 Å². The highest BCUT2D eigenvalue weighted by Gasteiger charge is 2.27. The van der Waals surface area contributed by atoms with Crippen LogP contribution >= 0.6 is 0 Å². The molecule has 140 valence electrons. The molecule has 0 unspecified atom stereocenters. The molecule has 1 saturated heterocycles. The predicted molar refractivity (Wildman–Crippen MR) is 102 cm³/mol. The number of phenols is 1. The molecular formula is C20H28N4O2. The molecule has 1 atom stereocenters.